The van der Waals surface area contributed by atoms with Crippen LogP contribution in [0.5, 0.6) is 0 Å². The van der Waals surface area contributed by atoms with E-state index in [1.54, 1.807) is 0 Å². The number of hydrogen-bond acceptors (Lipinski definition) is 3. The second-order valence-corrected chi connectivity index (χ2v) is 6.42. The van der Waals surface area contributed by atoms with Crippen LogP contribution < -0.4 is 0 Å². The monoisotopic (exact) mass is 290 g/mol. The first-order valence-corrected chi connectivity index (χ1v) is 7.93. The predicted octanol–water partition coefficient (Wildman–Crippen LogP) is 3.32. The molecular weight excluding hydrogens is 272 g/mol. The number of aromatic nitrogens is 2. The molecule has 0 saturated heterocycles. The number of thioether (sulfide) groups is 1. The van der Waals surface area contributed by atoms with Gasteiger partial charge in [-0.15, -0.1) is 0 Å². The summed E-state index contributed by atoms with van der Waals surface area (Å²) in [4.78, 5) is 15.4. The molecule has 106 valence electrons. The molecule has 0 aliphatic heterocycles. The van der Waals surface area contributed by atoms with E-state index in [0.29, 0.717) is 0 Å². The fraction of sp³-hybridized carbons (Fsp3) is 0.467. The molecule has 1 aromatic carbocycles. The van der Waals surface area contributed by atoms with Crippen LogP contribution in [0.25, 0.3) is 11.0 Å². The van der Waals surface area contributed by atoms with Crippen molar-refractivity contribution in [1.29, 1.82) is 0 Å². The third-order valence-corrected chi connectivity index (χ3v) is 4.82. The van der Waals surface area contributed by atoms with Crippen LogP contribution in [-0.2, 0) is 11.3 Å². The lowest BCUT2D eigenvalue weighted by atomic mass is 9.85. The summed E-state index contributed by atoms with van der Waals surface area (Å²) in [5, 5.41) is 9.70. The molecule has 1 fully saturated rings. The van der Waals surface area contributed by atoms with Crippen LogP contribution in [0.15, 0.2) is 23.4 Å². The van der Waals surface area contributed by atoms with Gasteiger partial charge >= 0.3 is 5.97 Å². The number of carbonyl (C=O) groups is 1. The van der Waals surface area contributed by atoms with Gasteiger partial charge in [-0.2, -0.15) is 0 Å². The molecule has 1 aromatic heterocycles. The van der Waals surface area contributed by atoms with Crippen molar-refractivity contribution < 1.29 is 9.90 Å². The maximum Gasteiger partial charge on any atom is 0.313 e. The van der Waals surface area contributed by atoms with Gasteiger partial charge in [0.15, 0.2) is 5.16 Å². The lowest BCUT2D eigenvalue weighted by Crippen LogP contribution is -2.18. The molecule has 2 aromatic rings. The number of rotatable bonds is 5. The highest BCUT2D eigenvalue weighted by Gasteiger charge is 2.21. The van der Waals surface area contributed by atoms with Gasteiger partial charge < -0.3 is 9.67 Å². The Bertz CT molecular complexity index is 647. The zero-order valence-electron chi connectivity index (χ0n) is 11.5. The van der Waals surface area contributed by atoms with Crippen molar-refractivity contribution in [2.24, 2.45) is 5.92 Å². The van der Waals surface area contributed by atoms with Crippen molar-refractivity contribution in [3.8, 4) is 0 Å². The van der Waals surface area contributed by atoms with Crippen LogP contribution in [0.1, 0.15) is 24.8 Å². The summed E-state index contributed by atoms with van der Waals surface area (Å²) < 4.78 is 2.20. The Morgan fingerprint density at radius 2 is 2.30 bits per heavy atom. The van der Waals surface area contributed by atoms with Gasteiger partial charge in [0.1, 0.15) is 0 Å². The number of imidazole rings is 1. The third kappa shape index (κ3) is 2.68. The maximum absolute atomic E-state index is 10.8. The standard InChI is InChI=1S/C15H18N2O2S/c1-10-5-6-13-12(7-10)16-15(20-9-14(18)19)17(13)8-11-3-2-4-11/h5-7,11H,2-4,8-9H2,1H3,(H,18,19). The Balaban J connectivity index is 1.96. The van der Waals surface area contributed by atoms with E-state index >= 15 is 0 Å². The normalized spacial score (nSPS) is 15.4. The van der Waals surface area contributed by atoms with E-state index in [0.717, 1.165) is 28.7 Å². The minimum absolute atomic E-state index is 0.0625. The lowest BCUT2D eigenvalue weighted by molar-refractivity contribution is -0.133. The van der Waals surface area contributed by atoms with Crippen molar-refractivity contribution >= 4 is 28.8 Å². The molecule has 20 heavy (non-hydrogen) atoms. The van der Waals surface area contributed by atoms with E-state index in [2.05, 4.69) is 34.7 Å². The summed E-state index contributed by atoms with van der Waals surface area (Å²) in [6.07, 6.45) is 3.86. The topological polar surface area (TPSA) is 55.1 Å². The summed E-state index contributed by atoms with van der Waals surface area (Å²) in [5.41, 5.74) is 3.27. The third-order valence-electron chi connectivity index (χ3n) is 3.86. The van der Waals surface area contributed by atoms with Gasteiger partial charge in [-0.3, -0.25) is 4.79 Å². The maximum atomic E-state index is 10.8. The molecule has 1 aliphatic carbocycles. The highest BCUT2D eigenvalue weighted by molar-refractivity contribution is 7.99. The Labute approximate surface area is 122 Å². The van der Waals surface area contributed by atoms with E-state index in [9.17, 15) is 4.79 Å². The van der Waals surface area contributed by atoms with Crippen molar-refractivity contribution in [3.63, 3.8) is 0 Å². The molecule has 3 rings (SSSR count). The number of fused-ring (bicyclic) bond motifs is 1. The summed E-state index contributed by atoms with van der Waals surface area (Å²) in [6, 6.07) is 6.26. The Hall–Kier alpha value is -1.49. The number of benzene rings is 1. The SMILES string of the molecule is Cc1ccc2c(c1)nc(SCC(=O)O)n2CC1CCC1. The van der Waals surface area contributed by atoms with Crippen LogP contribution in [0.4, 0.5) is 0 Å². The average Bonchev–Trinajstić information content (AvgIpc) is 2.68. The lowest BCUT2D eigenvalue weighted by Gasteiger charge is -2.26. The second-order valence-electron chi connectivity index (χ2n) is 5.48. The minimum atomic E-state index is -0.798. The molecule has 1 N–H and O–H groups in total. The first-order chi connectivity index (χ1) is 9.63. The van der Waals surface area contributed by atoms with Crippen molar-refractivity contribution in [1.82, 2.24) is 9.55 Å². The molecule has 0 radical (unpaired) electrons. The Morgan fingerprint density at radius 3 is 2.95 bits per heavy atom. The van der Waals surface area contributed by atoms with Gasteiger partial charge in [-0.25, -0.2) is 4.98 Å². The molecule has 1 heterocycles. The van der Waals surface area contributed by atoms with E-state index in [1.165, 1.54) is 36.6 Å². The summed E-state index contributed by atoms with van der Waals surface area (Å²) in [5.74, 6) is -0.0150. The highest BCUT2D eigenvalue weighted by Crippen LogP contribution is 2.32. The molecular formula is C15H18N2O2S. The smallest absolute Gasteiger partial charge is 0.313 e. The number of carboxylic acids is 1. The molecule has 0 unspecified atom stereocenters. The predicted molar refractivity (Wildman–Crippen MR) is 80.2 cm³/mol. The van der Waals surface area contributed by atoms with E-state index < -0.39 is 5.97 Å². The Morgan fingerprint density at radius 1 is 1.50 bits per heavy atom. The molecule has 0 atom stereocenters. The van der Waals surface area contributed by atoms with Gasteiger partial charge in [0, 0.05) is 6.54 Å². The van der Waals surface area contributed by atoms with Crippen molar-refractivity contribution in [3.05, 3.63) is 23.8 Å². The molecule has 1 aliphatic rings. The van der Waals surface area contributed by atoms with Gasteiger partial charge in [-0.05, 0) is 43.4 Å². The summed E-state index contributed by atoms with van der Waals surface area (Å²) in [7, 11) is 0. The van der Waals surface area contributed by atoms with Crippen LogP contribution in [-0.4, -0.2) is 26.4 Å². The Kier molecular flexibility index (Phi) is 3.70. The number of nitrogens with zero attached hydrogens (tertiary/aromatic N) is 2. The van der Waals surface area contributed by atoms with Crippen LogP contribution in [0, 0.1) is 12.8 Å². The van der Waals surface area contributed by atoms with Crippen molar-refractivity contribution in [2.45, 2.75) is 37.9 Å². The molecule has 1 saturated carbocycles. The van der Waals surface area contributed by atoms with Crippen LogP contribution in [0.2, 0.25) is 0 Å². The molecule has 0 amide bonds. The summed E-state index contributed by atoms with van der Waals surface area (Å²) in [6.45, 7) is 3.01. The van der Waals surface area contributed by atoms with Gasteiger partial charge in [0.05, 0.1) is 16.8 Å². The molecule has 0 spiro atoms. The minimum Gasteiger partial charge on any atom is -0.481 e. The number of carboxylic acid groups (broad SMARTS) is 1. The average molecular weight is 290 g/mol. The number of aryl methyl sites for hydroxylation is 1. The zero-order chi connectivity index (χ0) is 14.1. The fourth-order valence-corrected chi connectivity index (χ4v) is 3.31. The molecule has 4 nitrogen and oxygen atoms in total. The van der Waals surface area contributed by atoms with Crippen LogP contribution >= 0.6 is 11.8 Å². The molecule has 5 heteroatoms. The second kappa shape index (κ2) is 5.48. The van der Waals surface area contributed by atoms with Gasteiger partial charge in [0.25, 0.3) is 0 Å². The number of hydrogen-bond donors (Lipinski definition) is 1. The first kappa shape index (κ1) is 13.5. The highest BCUT2D eigenvalue weighted by atomic mass is 32.2. The largest absolute Gasteiger partial charge is 0.481 e. The quantitative estimate of drug-likeness (QED) is 0.858. The van der Waals surface area contributed by atoms with Crippen LogP contribution in [0.3, 0.4) is 0 Å². The zero-order valence-corrected chi connectivity index (χ0v) is 12.3. The summed E-state index contributed by atoms with van der Waals surface area (Å²) >= 11 is 1.32. The molecule has 0 bridgehead atoms. The van der Waals surface area contributed by atoms with E-state index in [-0.39, 0.29) is 5.75 Å². The van der Waals surface area contributed by atoms with Crippen molar-refractivity contribution in [2.75, 3.05) is 5.75 Å². The van der Waals surface area contributed by atoms with Gasteiger partial charge in [-0.1, -0.05) is 24.2 Å². The number of aliphatic carboxylic acids is 1. The first-order valence-electron chi connectivity index (χ1n) is 6.95. The van der Waals surface area contributed by atoms with Gasteiger partial charge in [0.2, 0.25) is 0 Å². The fourth-order valence-electron chi connectivity index (χ4n) is 2.56. The van der Waals surface area contributed by atoms with E-state index in [1.807, 2.05) is 0 Å². The van der Waals surface area contributed by atoms with E-state index in [4.69, 9.17) is 5.11 Å².